The molecule has 3 heterocycles. The molecule has 2 aliphatic rings. The van der Waals surface area contributed by atoms with Crippen LogP contribution in [0.3, 0.4) is 0 Å². The summed E-state index contributed by atoms with van der Waals surface area (Å²) in [6, 6.07) is 11.8. The Hall–Kier alpha value is -2.89. The summed E-state index contributed by atoms with van der Waals surface area (Å²) in [5, 5.41) is 0. The van der Waals surface area contributed by atoms with Gasteiger partial charge < -0.3 is 14.5 Å². The van der Waals surface area contributed by atoms with Crippen LogP contribution in [-0.4, -0.2) is 48.4 Å². The molecule has 0 bridgehead atoms. The molecule has 1 unspecified atom stereocenters. The number of carbonyl (C=O) groups is 2. The Bertz CT molecular complexity index is 866. The number of ether oxygens (including phenoxy) is 1. The number of hydrogen-bond donors (Lipinski definition) is 0. The van der Waals surface area contributed by atoms with Crippen LogP contribution in [0.2, 0.25) is 0 Å². The van der Waals surface area contributed by atoms with Crippen molar-refractivity contribution in [3.63, 3.8) is 0 Å². The van der Waals surface area contributed by atoms with Crippen LogP contribution < -0.4 is 9.64 Å². The van der Waals surface area contributed by atoms with Gasteiger partial charge in [-0.05, 0) is 36.5 Å². The van der Waals surface area contributed by atoms with Crippen LogP contribution in [0.25, 0.3) is 0 Å². The first-order valence-electron chi connectivity index (χ1n) is 9.81. The number of pyridine rings is 1. The topological polar surface area (TPSA) is 62.7 Å². The second-order valence-electron chi connectivity index (χ2n) is 7.42. The first-order chi connectivity index (χ1) is 13.7. The number of aryl methyl sites for hydroxylation is 1. The molecule has 4 rings (SSSR count). The third-order valence-electron chi connectivity index (χ3n) is 5.69. The van der Waals surface area contributed by atoms with Gasteiger partial charge >= 0.3 is 0 Å². The van der Waals surface area contributed by atoms with E-state index >= 15 is 0 Å². The zero-order valence-corrected chi connectivity index (χ0v) is 16.1. The fourth-order valence-electron chi connectivity index (χ4n) is 4.11. The number of likely N-dealkylation sites (tertiary alicyclic amines) is 1. The van der Waals surface area contributed by atoms with Crippen molar-refractivity contribution < 1.29 is 14.3 Å². The summed E-state index contributed by atoms with van der Waals surface area (Å²) < 4.78 is 5.11. The lowest BCUT2D eigenvalue weighted by molar-refractivity contribution is -0.130. The third kappa shape index (κ3) is 3.72. The van der Waals surface area contributed by atoms with Crippen LogP contribution in [0, 0.1) is 0 Å². The zero-order chi connectivity index (χ0) is 19.5. The van der Waals surface area contributed by atoms with Gasteiger partial charge in [0, 0.05) is 43.4 Å². The number of carbonyl (C=O) groups excluding carboxylic acids is 2. The smallest absolute Gasteiger partial charge is 0.242 e. The molecule has 6 nitrogen and oxygen atoms in total. The van der Waals surface area contributed by atoms with E-state index in [4.69, 9.17) is 4.74 Å². The Balaban J connectivity index is 1.44. The normalized spacial score (nSPS) is 19.3. The second kappa shape index (κ2) is 8.00. The maximum absolute atomic E-state index is 13.0. The van der Waals surface area contributed by atoms with Gasteiger partial charge in [-0.25, -0.2) is 4.98 Å². The highest BCUT2D eigenvalue weighted by molar-refractivity contribution is 5.99. The molecule has 28 heavy (non-hydrogen) atoms. The van der Waals surface area contributed by atoms with E-state index in [9.17, 15) is 9.59 Å². The molecule has 0 spiro atoms. The van der Waals surface area contributed by atoms with Crippen molar-refractivity contribution in [3.05, 3.63) is 53.7 Å². The molecule has 0 aliphatic carbocycles. The first kappa shape index (κ1) is 18.5. The molecule has 1 aromatic heterocycles. The monoisotopic (exact) mass is 379 g/mol. The van der Waals surface area contributed by atoms with Crippen LogP contribution in [0.1, 0.15) is 36.3 Å². The number of rotatable bonds is 4. The highest BCUT2D eigenvalue weighted by Gasteiger charge is 2.31. The fraction of sp³-hybridized carbons (Fsp3) is 0.409. The maximum atomic E-state index is 13.0. The molecule has 2 aromatic rings. The summed E-state index contributed by atoms with van der Waals surface area (Å²) >= 11 is 0. The van der Waals surface area contributed by atoms with Crippen molar-refractivity contribution in [3.8, 4) is 5.88 Å². The Morgan fingerprint density at radius 2 is 2.07 bits per heavy atom. The number of aromatic nitrogens is 1. The van der Waals surface area contributed by atoms with Crippen LogP contribution >= 0.6 is 0 Å². The number of nitrogens with zero attached hydrogens (tertiary/aromatic N) is 3. The predicted molar refractivity (Wildman–Crippen MR) is 106 cm³/mol. The molecule has 1 aromatic carbocycles. The molecule has 0 saturated carbocycles. The fourth-order valence-corrected chi connectivity index (χ4v) is 4.11. The van der Waals surface area contributed by atoms with E-state index in [-0.39, 0.29) is 24.3 Å². The van der Waals surface area contributed by atoms with Crippen molar-refractivity contribution >= 4 is 17.5 Å². The van der Waals surface area contributed by atoms with Gasteiger partial charge in [-0.15, -0.1) is 0 Å². The predicted octanol–water partition coefficient (Wildman–Crippen LogP) is 2.78. The molecule has 2 aliphatic heterocycles. The van der Waals surface area contributed by atoms with Crippen molar-refractivity contribution in [1.82, 2.24) is 9.88 Å². The Kier molecular flexibility index (Phi) is 5.28. The quantitative estimate of drug-likeness (QED) is 0.820. The number of para-hydroxylation sites is 1. The van der Waals surface area contributed by atoms with Crippen molar-refractivity contribution in [2.24, 2.45) is 0 Å². The molecule has 2 amide bonds. The van der Waals surface area contributed by atoms with Crippen LogP contribution in [0.15, 0.2) is 42.6 Å². The SMILES string of the molecule is COc1ccc(C2CCN(C(=O)CN3C(=O)CCCc4ccccc43)C2)cn1. The Morgan fingerprint density at radius 1 is 1.21 bits per heavy atom. The largest absolute Gasteiger partial charge is 0.481 e. The average Bonchev–Trinajstić information content (AvgIpc) is 3.17. The van der Waals surface area contributed by atoms with Crippen molar-refractivity contribution in [1.29, 1.82) is 0 Å². The van der Waals surface area contributed by atoms with E-state index < -0.39 is 0 Å². The molecule has 6 heteroatoms. The molecular formula is C22H25N3O3. The summed E-state index contributed by atoms with van der Waals surface area (Å²) in [5.74, 6) is 0.907. The second-order valence-corrected chi connectivity index (χ2v) is 7.42. The minimum atomic E-state index is 0.00836. The maximum Gasteiger partial charge on any atom is 0.242 e. The van der Waals surface area contributed by atoms with Gasteiger partial charge in [0.05, 0.1) is 7.11 Å². The van der Waals surface area contributed by atoms with Gasteiger partial charge in [-0.1, -0.05) is 24.3 Å². The van der Waals surface area contributed by atoms with Gasteiger partial charge in [0.25, 0.3) is 0 Å². The van der Waals surface area contributed by atoms with Crippen molar-refractivity contribution in [2.45, 2.75) is 31.6 Å². The number of benzene rings is 1. The summed E-state index contributed by atoms with van der Waals surface area (Å²) in [5.41, 5.74) is 3.14. The van der Waals surface area contributed by atoms with E-state index in [1.165, 1.54) is 0 Å². The number of anilines is 1. The lowest BCUT2D eigenvalue weighted by atomic mass is 10.0. The zero-order valence-electron chi connectivity index (χ0n) is 16.1. The van der Waals surface area contributed by atoms with E-state index in [0.717, 1.165) is 36.1 Å². The number of amides is 2. The Labute approximate surface area is 165 Å². The molecule has 0 N–H and O–H groups in total. The minimum absolute atomic E-state index is 0.00836. The van der Waals surface area contributed by atoms with Crippen LogP contribution in [0.5, 0.6) is 5.88 Å². The molecule has 146 valence electrons. The first-order valence-corrected chi connectivity index (χ1v) is 9.81. The van der Waals surface area contributed by atoms with Gasteiger partial charge in [0.1, 0.15) is 6.54 Å². The van der Waals surface area contributed by atoms with Crippen LogP contribution in [-0.2, 0) is 16.0 Å². The summed E-state index contributed by atoms with van der Waals surface area (Å²) in [4.78, 5) is 33.4. The standard InChI is InChI=1S/C22H25N3O3/c1-28-20-10-9-17(13-23-20)18-11-12-24(14-18)22(27)15-25-19-7-3-2-5-16(19)6-4-8-21(25)26/h2-3,5,7,9-10,13,18H,4,6,8,11-12,14-15H2,1H3. The highest BCUT2D eigenvalue weighted by Crippen LogP contribution is 2.29. The summed E-state index contributed by atoms with van der Waals surface area (Å²) in [6.07, 6.45) is 4.93. The molecule has 1 saturated heterocycles. The van der Waals surface area contributed by atoms with E-state index in [1.54, 1.807) is 12.0 Å². The molecular weight excluding hydrogens is 354 g/mol. The van der Waals surface area contributed by atoms with Gasteiger partial charge in [-0.3, -0.25) is 9.59 Å². The Morgan fingerprint density at radius 3 is 2.86 bits per heavy atom. The summed E-state index contributed by atoms with van der Waals surface area (Å²) in [6.45, 7) is 1.49. The molecule has 1 fully saturated rings. The number of fused-ring (bicyclic) bond motifs is 1. The molecule has 1 atom stereocenters. The lowest BCUT2D eigenvalue weighted by Crippen LogP contribution is -2.42. The van der Waals surface area contributed by atoms with E-state index in [1.807, 2.05) is 47.5 Å². The summed E-state index contributed by atoms with van der Waals surface area (Å²) in [7, 11) is 1.60. The third-order valence-corrected chi connectivity index (χ3v) is 5.69. The number of methoxy groups -OCH3 is 1. The average molecular weight is 379 g/mol. The lowest BCUT2D eigenvalue weighted by Gasteiger charge is -2.25. The van der Waals surface area contributed by atoms with Gasteiger partial charge in [-0.2, -0.15) is 0 Å². The van der Waals surface area contributed by atoms with Crippen LogP contribution in [0.4, 0.5) is 5.69 Å². The van der Waals surface area contributed by atoms with Crippen molar-refractivity contribution in [2.75, 3.05) is 31.6 Å². The van der Waals surface area contributed by atoms with E-state index in [2.05, 4.69) is 4.98 Å². The highest BCUT2D eigenvalue weighted by atomic mass is 16.5. The van der Waals surface area contributed by atoms with Gasteiger partial charge in [0.15, 0.2) is 0 Å². The van der Waals surface area contributed by atoms with Gasteiger partial charge in [0.2, 0.25) is 17.7 Å². The number of hydrogen-bond acceptors (Lipinski definition) is 4. The van der Waals surface area contributed by atoms with E-state index in [0.29, 0.717) is 25.4 Å². The minimum Gasteiger partial charge on any atom is -0.481 e. The molecule has 0 radical (unpaired) electrons.